The first-order chi connectivity index (χ1) is 10.3. The molecule has 2 heterocycles. The Hall–Kier alpha value is -0.670. The van der Waals surface area contributed by atoms with Crippen molar-refractivity contribution in [2.24, 2.45) is 5.41 Å². The number of halogens is 1. The number of rotatable bonds is 5. The maximum absolute atomic E-state index is 12.4. The van der Waals surface area contributed by atoms with Gasteiger partial charge in [0.05, 0.1) is 7.11 Å². The molecule has 1 aromatic rings. The quantitative estimate of drug-likeness (QED) is 0.761. The minimum absolute atomic E-state index is 0. The summed E-state index contributed by atoms with van der Waals surface area (Å²) >= 11 is 1.06. The molecule has 0 bridgehead atoms. The number of hydrogen-bond acceptors (Lipinski definition) is 6. The number of nitrogens with one attached hydrogen (secondary N) is 2. The summed E-state index contributed by atoms with van der Waals surface area (Å²) in [6.07, 6.45) is 2.14. The highest BCUT2D eigenvalue weighted by atomic mass is 35.5. The molecule has 2 rings (SSSR count). The Bertz CT molecular complexity index is 643. The summed E-state index contributed by atoms with van der Waals surface area (Å²) in [5, 5.41) is 4.93. The minimum Gasteiger partial charge on any atom is -0.465 e. The molecular weight excluding hydrogens is 360 g/mol. The smallest absolute Gasteiger partial charge is 0.349 e. The number of piperidine rings is 1. The molecular formula is C14H23ClN2O4S2. The van der Waals surface area contributed by atoms with Gasteiger partial charge in [-0.05, 0) is 36.2 Å². The summed E-state index contributed by atoms with van der Waals surface area (Å²) in [5.74, 6) is -0.633. The Morgan fingerprint density at radius 2 is 2.22 bits per heavy atom. The van der Waals surface area contributed by atoms with E-state index < -0.39 is 16.0 Å². The Balaban J connectivity index is 0.00000264. The zero-order valence-electron chi connectivity index (χ0n) is 13.4. The summed E-state index contributed by atoms with van der Waals surface area (Å²) < 4.78 is 32.1. The first-order valence-electron chi connectivity index (χ1n) is 7.17. The third-order valence-corrected chi connectivity index (χ3v) is 6.59. The molecule has 1 fully saturated rings. The molecule has 0 spiro atoms. The molecule has 0 saturated carbocycles. The second-order valence-corrected chi connectivity index (χ2v) is 8.71. The van der Waals surface area contributed by atoms with Crippen LogP contribution < -0.4 is 10.0 Å². The topological polar surface area (TPSA) is 84.5 Å². The van der Waals surface area contributed by atoms with Crippen LogP contribution in [0.2, 0.25) is 0 Å². The number of thiophene rings is 1. The van der Waals surface area contributed by atoms with E-state index in [-0.39, 0.29) is 33.6 Å². The average Bonchev–Trinajstić information content (AvgIpc) is 2.95. The summed E-state index contributed by atoms with van der Waals surface area (Å²) in [6, 6.07) is 1.50. The van der Waals surface area contributed by atoms with Gasteiger partial charge < -0.3 is 10.1 Å². The van der Waals surface area contributed by atoms with Crippen molar-refractivity contribution in [3.8, 4) is 0 Å². The predicted molar refractivity (Wildman–Crippen MR) is 92.9 cm³/mol. The molecule has 0 amide bonds. The highest BCUT2D eigenvalue weighted by molar-refractivity contribution is 7.89. The number of methoxy groups -OCH3 is 1. The molecule has 1 aromatic heterocycles. The van der Waals surface area contributed by atoms with Gasteiger partial charge in [-0.3, -0.25) is 0 Å². The molecule has 6 nitrogen and oxygen atoms in total. The summed E-state index contributed by atoms with van der Waals surface area (Å²) in [4.78, 5) is 11.7. The second kappa shape index (κ2) is 7.94. The number of hydrogen-bond donors (Lipinski definition) is 2. The van der Waals surface area contributed by atoms with E-state index in [0.717, 1.165) is 30.7 Å². The summed E-state index contributed by atoms with van der Waals surface area (Å²) in [7, 11) is -2.50. The van der Waals surface area contributed by atoms with E-state index in [1.165, 1.54) is 13.2 Å². The molecule has 1 atom stereocenters. The van der Waals surface area contributed by atoms with Gasteiger partial charge in [0.2, 0.25) is 10.0 Å². The van der Waals surface area contributed by atoms with Gasteiger partial charge >= 0.3 is 5.97 Å². The second-order valence-electron chi connectivity index (χ2n) is 6.06. The maximum atomic E-state index is 12.4. The number of esters is 1. The van der Waals surface area contributed by atoms with E-state index in [0.29, 0.717) is 6.54 Å². The lowest BCUT2D eigenvalue weighted by atomic mass is 9.78. The van der Waals surface area contributed by atoms with Gasteiger partial charge in [0, 0.05) is 12.6 Å². The van der Waals surface area contributed by atoms with Crippen LogP contribution in [-0.4, -0.2) is 40.6 Å². The minimum atomic E-state index is -3.73. The SMILES string of the molecule is COC(=O)c1sccc1S(=O)(=O)NCC1NCCCC1(C)C.Cl. The van der Waals surface area contributed by atoms with Crippen LogP contribution in [0, 0.1) is 5.41 Å². The summed E-state index contributed by atoms with van der Waals surface area (Å²) in [6.45, 7) is 5.44. The van der Waals surface area contributed by atoms with E-state index >= 15 is 0 Å². The molecule has 9 heteroatoms. The van der Waals surface area contributed by atoms with E-state index in [4.69, 9.17) is 0 Å². The lowest BCUT2D eigenvalue weighted by Crippen LogP contribution is -2.52. The van der Waals surface area contributed by atoms with Gasteiger partial charge in [-0.25, -0.2) is 17.9 Å². The monoisotopic (exact) mass is 382 g/mol. The molecule has 0 radical (unpaired) electrons. The molecule has 1 aliphatic rings. The molecule has 1 unspecified atom stereocenters. The first-order valence-corrected chi connectivity index (χ1v) is 9.53. The van der Waals surface area contributed by atoms with Crippen molar-refractivity contribution in [2.45, 2.75) is 37.6 Å². The van der Waals surface area contributed by atoms with Gasteiger partial charge in [0.25, 0.3) is 0 Å². The van der Waals surface area contributed by atoms with E-state index in [1.807, 2.05) is 0 Å². The molecule has 1 saturated heterocycles. The molecule has 0 aliphatic carbocycles. The van der Waals surface area contributed by atoms with Crippen molar-refractivity contribution < 1.29 is 17.9 Å². The fraction of sp³-hybridized carbons (Fsp3) is 0.643. The van der Waals surface area contributed by atoms with Gasteiger partial charge in [-0.2, -0.15) is 0 Å². The van der Waals surface area contributed by atoms with Crippen molar-refractivity contribution >= 4 is 39.7 Å². The fourth-order valence-electron chi connectivity index (χ4n) is 2.64. The van der Waals surface area contributed by atoms with Gasteiger partial charge in [0.1, 0.15) is 9.77 Å². The highest BCUT2D eigenvalue weighted by Crippen LogP contribution is 2.30. The first kappa shape index (κ1) is 20.4. The highest BCUT2D eigenvalue weighted by Gasteiger charge is 2.33. The van der Waals surface area contributed by atoms with Gasteiger partial charge in [-0.1, -0.05) is 13.8 Å². The van der Waals surface area contributed by atoms with E-state index in [2.05, 4.69) is 28.6 Å². The lowest BCUT2D eigenvalue weighted by Gasteiger charge is -2.39. The Kier molecular flexibility index (Phi) is 7.03. The normalized spacial score (nSPS) is 20.6. The molecule has 0 aromatic carbocycles. The molecule has 2 N–H and O–H groups in total. The third kappa shape index (κ3) is 4.67. The molecule has 23 heavy (non-hydrogen) atoms. The largest absolute Gasteiger partial charge is 0.465 e. The van der Waals surface area contributed by atoms with Crippen LogP contribution in [-0.2, 0) is 14.8 Å². The van der Waals surface area contributed by atoms with Gasteiger partial charge in [0.15, 0.2) is 0 Å². The van der Waals surface area contributed by atoms with Crippen molar-refractivity contribution in [3.63, 3.8) is 0 Å². The van der Waals surface area contributed by atoms with E-state index in [1.54, 1.807) is 5.38 Å². The maximum Gasteiger partial charge on any atom is 0.349 e. The lowest BCUT2D eigenvalue weighted by molar-refractivity contribution is 0.0602. The average molecular weight is 383 g/mol. The fourth-order valence-corrected chi connectivity index (χ4v) is 5.02. The molecule has 132 valence electrons. The van der Waals surface area contributed by atoms with Crippen LogP contribution in [0.1, 0.15) is 36.4 Å². The number of sulfonamides is 1. The third-order valence-electron chi connectivity index (χ3n) is 4.10. The zero-order chi connectivity index (χ0) is 16.4. The Morgan fingerprint density at radius 3 is 2.83 bits per heavy atom. The van der Waals surface area contributed by atoms with Crippen LogP contribution in [0.4, 0.5) is 0 Å². The number of carbonyl (C=O) groups excluding carboxylic acids is 1. The molecule has 1 aliphatic heterocycles. The Labute approximate surface area is 147 Å². The zero-order valence-corrected chi connectivity index (χ0v) is 15.9. The van der Waals surface area contributed by atoms with Crippen LogP contribution in [0.25, 0.3) is 0 Å². The van der Waals surface area contributed by atoms with Crippen molar-refractivity contribution in [1.29, 1.82) is 0 Å². The standard InChI is InChI=1S/C14H22N2O4S2.ClH/c1-14(2)6-4-7-15-11(14)9-16-22(18,19)10-5-8-21-12(10)13(17)20-3;/h5,8,11,15-16H,4,6-7,9H2,1-3H3;1H. The van der Waals surface area contributed by atoms with Crippen molar-refractivity contribution in [3.05, 3.63) is 16.3 Å². The van der Waals surface area contributed by atoms with Crippen molar-refractivity contribution in [1.82, 2.24) is 10.0 Å². The Morgan fingerprint density at radius 1 is 1.52 bits per heavy atom. The van der Waals surface area contributed by atoms with Crippen LogP contribution in [0.5, 0.6) is 0 Å². The van der Waals surface area contributed by atoms with Crippen LogP contribution >= 0.6 is 23.7 Å². The van der Waals surface area contributed by atoms with Gasteiger partial charge in [-0.15, -0.1) is 23.7 Å². The predicted octanol–water partition coefficient (Wildman–Crippen LogP) is 2.01. The van der Waals surface area contributed by atoms with Crippen molar-refractivity contribution in [2.75, 3.05) is 20.2 Å². The summed E-state index contributed by atoms with van der Waals surface area (Å²) in [5.41, 5.74) is 0.0284. The van der Waals surface area contributed by atoms with Crippen LogP contribution in [0.15, 0.2) is 16.3 Å². The number of carbonyl (C=O) groups is 1. The van der Waals surface area contributed by atoms with Crippen LogP contribution in [0.3, 0.4) is 0 Å². The van der Waals surface area contributed by atoms with E-state index in [9.17, 15) is 13.2 Å². The number of ether oxygens (including phenoxy) is 1.